The smallest absolute Gasteiger partial charge is 0.426 e. The zero-order valence-corrected chi connectivity index (χ0v) is 16.4. The number of hydrogen-bond donors (Lipinski definition) is 4. The lowest BCUT2D eigenvalue weighted by atomic mass is 9.76. The lowest BCUT2D eigenvalue weighted by Gasteiger charge is -2.22. The van der Waals surface area contributed by atoms with E-state index in [2.05, 4.69) is 20.8 Å². The van der Waals surface area contributed by atoms with Gasteiger partial charge in [-0.3, -0.25) is 9.78 Å². The summed E-state index contributed by atoms with van der Waals surface area (Å²) >= 11 is 0. The van der Waals surface area contributed by atoms with Crippen molar-refractivity contribution in [3.63, 3.8) is 0 Å². The fourth-order valence-electron chi connectivity index (χ4n) is 2.64. The quantitative estimate of drug-likeness (QED) is 0.330. The molecule has 154 valence electrons. The van der Waals surface area contributed by atoms with E-state index < -0.39 is 31.0 Å². The van der Waals surface area contributed by atoms with Crippen LogP contribution in [-0.4, -0.2) is 51.0 Å². The Morgan fingerprint density at radius 1 is 1.17 bits per heavy atom. The second-order valence-electron chi connectivity index (χ2n) is 7.00. The molecule has 29 heavy (non-hydrogen) atoms. The lowest BCUT2D eigenvalue weighted by Crippen LogP contribution is -2.50. The Kier molecular flexibility index (Phi) is 8.72. The molecule has 1 unspecified atom stereocenters. The molecule has 0 bridgehead atoms. The summed E-state index contributed by atoms with van der Waals surface area (Å²) in [4.78, 5) is 37.9. The molecule has 0 saturated carbocycles. The largest absolute Gasteiger partial charge is 0.473 e. The molecule has 1 amide bonds. The number of carbonyl (C=O) groups is 2. The van der Waals surface area contributed by atoms with Crippen molar-refractivity contribution in [3.8, 4) is 0 Å². The first-order valence-corrected chi connectivity index (χ1v) is 9.30. The molecular formula is C19H25BN4O5. The molecule has 0 fully saturated rings. The summed E-state index contributed by atoms with van der Waals surface area (Å²) < 4.78 is 0. The highest BCUT2D eigenvalue weighted by Crippen LogP contribution is 2.08. The maximum absolute atomic E-state index is 12.6. The summed E-state index contributed by atoms with van der Waals surface area (Å²) in [7, 11) is -1.70. The van der Waals surface area contributed by atoms with Crippen molar-refractivity contribution < 1.29 is 24.5 Å². The Labute approximate surface area is 169 Å². The lowest BCUT2D eigenvalue weighted by molar-refractivity contribution is -0.154. The number of amides is 1. The van der Waals surface area contributed by atoms with Gasteiger partial charge in [0.15, 0.2) is 0 Å². The van der Waals surface area contributed by atoms with Crippen LogP contribution in [0.3, 0.4) is 0 Å². The first kappa shape index (κ1) is 22.5. The van der Waals surface area contributed by atoms with Gasteiger partial charge in [0.1, 0.15) is 11.7 Å². The average molecular weight is 400 g/mol. The van der Waals surface area contributed by atoms with Crippen LogP contribution >= 0.6 is 0 Å². The summed E-state index contributed by atoms with van der Waals surface area (Å²) in [5.41, 5.74) is 3.28. The monoisotopic (exact) mass is 400 g/mol. The van der Waals surface area contributed by atoms with E-state index in [-0.39, 0.29) is 18.0 Å². The van der Waals surface area contributed by atoms with Crippen LogP contribution in [0.25, 0.3) is 0 Å². The predicted octanol–water partition coefficient (Wildman–Crippen LogP) is 0.292. The van der Waals surface area contributed by atoms with E-state index in [1.807, 2.05) is 44.2 Å². The zero-order valence-electron chi connectivity index (χ0n) is 16.4. The highest BCUT2D eigenvalue weighted by molar-refractivity contribution is 6.43. The van der Waals surface area contributed by atoms with E-state index in [0.29, 0.717) is 6.42 Å². The molecule has 10 heteroatoms. The van der Waals surface area contributed by atoms with Gasteiger partial charge in [0.25, 0.3) is 5.91 Å². The number of rotatable bonds is 10. The van der Waals surface area contributed by atoms with Crippen molar-refractivity contribution in [1.82, 2.24) is 20.8 Å². The highest BCUT2D eigenvalue weighted by atomic mass is 16.7. The third kappa shape index (κ3) is 7.61. The van der Waals surface area contributed by atoms with E-state index in [4.69, 9.17) is 4.84 Å². The maximum Gasteiger partial charge on any atom is 0.473 e. The molecule has 2 aromatic rings. The van der Waals surface area contributed by atoms with E-state index in [0.717, 1.165) is 5.56 Å². The maximum atomic E-state index is 12.6. The van der Waals surface area contributed by atoms with Crippen molar-refractivity contribution in [3.05, 3.63) is 60.2 Å². The Morgan fingerprint density at radius 2 is 1.90 bits per heavy atom. The zero-order chi connectivity index (χ0) is 21.2. The Balaban J connectivity index is 2.08. The molecule has 0 saturated heterocycles. The van der Waals surface area contributed by atoms with E-state index in [1.54, 1.807) is 0 Å². The Hall–Kier alpha value is -2.82. The van der Waals surface area contributed by atoms with Crippen LogP contribution in [0.15, 0.2) is 48.9 Å². The van der Waals surface area contributed by atoms with Crippen LogP contribution < -0.4 is 10.8 Å². The predicted molar refractivity (Wildman–Crippen MR) is 106 cm³/mol. The minimum absolute atomic E-state index is 0.0646. The fourth-order valence-corrected chi connectivity index (χ4v) is 2.64. The third-order valence-electron chi connectivity index (χ3n) is 4.06. The van der Waals surface area contributed by atoms with Crippen LogP contribution in [0, 0.1) is 5.92 Å². The van der Waals surface area contributed by atoms with Gasteiger partial charge >= 0.3 is 13.1 Å². The molecule has 0 aliphatic rings. The molecule has 0 spiro atoms. The number of hydroxylamine groups is 1. The Morgan fingerprint density at radius 3 is 2.48 bits per heavy atom. The summed E-state index contributed by atoms with van der Waals surface area (Å²) in [6.45, 7) is 3.80. The van der Waals surface area contributed by atoms with E-state index in [9.17, 15) is 19.6 Å². The number of carbonyl (C=O) groups excluding carboxylic acids is 2. The number of hydrogen-bond acceptors (Lipinski definition) is 8. The van der Waals surface area contributed by atoms with Gasteiger partial charge in [-0.1, -0.05) is 44.2 Å². The molecule has 1 heterocycles. The molecular weight excluding hydrogens is 375 g/mol. The fraction of sp³-hybridized carbons (Fsp3) is 0.368. The summed E-state index contributed by atoms with van der Waals surface area (Å²) in [6, 6.07) is 8.11. The van der Waals surface area contributed by atoms with Gasteiger partial charge < -0.3 is 20.2 Å². The van der Waals surface area contributed by atoms with Gasteiger partial charge in [-0.25, -0.2) is 9.78 Å². The van der Waals surface area contributed by atoms with Gasteiger partial charge in [-0.15, -0.1) is 0 Å². The first-order valence-electron chi connectivity index (χ1n) is 9.30. The molecule has 4 N–H and O–H groups in total. The average Bonchev–Trinajstić information content (AvgIpc) is 2.71. The van der Waals surface area contributed by atoms with Crippen molar-refractivity contribution in [2.24, 2.45) is 5.92 Å². The van der Waals surface area contributed by atoms with Crippen molar-refractivity contribution >= 4 is 19.0 Å². The van der Waals surface area contributed by atoms with Crippen molar-refractivity contribution in [1.29, 1.82) is 0 Å². The highest BCUT2D eigenvalue weighted by Gasteiger charge is 2.29. The molecule has 9 nitrogen and oxygen atoms in total. The molecule has 1 aromatic heterocycles. The molecule has 0 radical (unpaired) electrons. The molecule has 2 rings (SSSR count). The minimum Gasteiger partial charge on any atom is -0.426 e. The normalized spacial score (nSPS) is 12.9. The molecule has 0 aliphatic heterocycles. The van der Waals surface area contributed by atoms with Crippen LogP contribution in [0.5, 0.6) is 0 Å². The second-order valence-corrected chi connectivity index (χ2v) is 7.00. The number of nitrogens with one attached hydrogen (secondary N) is 2. The number of aromatic nitrogens is 2. The van der Waals surface area contributed by atoms with Crippen LogP contribution in [0.2, 0.25) is 0 Å². The van der Waals surface area contributed by atoms with Crippen molar-refractivity contribution in [2.45, 2.75) is 38.7 Å². The topological polar surface area (TPSA) is 134 Å². The van der Waals surface area contributed by atoms with Crippen LogP contribution in [-0.2, 0) is 16.1 Å². The van der Waals surface area contributed by atoms with Gasteiger partial charge in [-0.2, -0.15) is 5.48 Å². The molecule has 2 atom stereocenters. The SMILES string of the molecule is CC(C)CC(NOC(=O)[C@H](Cc1ccccc1)NC(=O)c1cnccn1)B(O)O. The van der Waals surface area contributed by atoms with Crippen LogP contribution in [0.1, 0.15) is 36.3 Å². The van der Waals surface area contributed by atoms with E-state index >= 15 is 0 Å². The van der Waals surface area contributed by atoms with Crippen molar-refractivity contribution in [2.75, 3.05) is 0 Å². The van der Waals surface area contributed by atoms with Gasteiger partial charge in [-0.05, 0) is 17.9 Å². The second kappa shape index (κ2) is 11.3. The Bertz CT molecular complexity index is 777. The number of benzene rings is 1. The van der Waals surface area contributed by atoms with Crippen LogP contribution in [0.4, 0.5) is 0 Å². The standard InChI is InChI=1S/C19H25BN4O5/c1-13(2)10-17(20(27)28)24-29-19(26)15(11-14-6-4-3-5-7-14)23-18(25)16-12-21-8-9-22-16/h3-9,12-13,15,17,24,27-28H,10-11H2,1-2H3,(H,23,25)/t15-,17?/m0/s1. The van der Waals surface area contributed by atoms with Gasteiger partial charge in [0.2, 0.25) is 0 Å². The molecule has 0 aliphatic carbocycles. The summed E-state index contributed by atoms with van der Waals surface area (Å²) in [6.07, 6.45) is 4.66. The van der Waals surface area contributed by atoms with Gasteiger partial charge in [0, 0.05) is 18.8 Å². The summed E-state index contributed by atoms with van der Waals surface area (Å²) in [5, 5.41) is 21.5. The van der Waals surface area contributed by atoms with E-state index in [1.165, 1.54) is 18.6 Å². The third-order valence-corrected chi connectivity index (χ3v) is 4.06. The van der Waals surface area contributed by atoms with Gasteiger partial charge in [0.05, 0.1) is 12.1 Å². The number of nitrogens with zero attached hydrogens (tertiary/aromatic N) is 2. The minimum atomic E-state index is -1.70. The summed E-state index contributed by atoms with van der Waals surface area (Å²) in [5.74, 6) is -2.05. The molecule has 1 aromatic carbocycles. The first-order chi connectivity index (χ1) is 13.9.